The van der Waals surface area contributed by atoms with Crippen molar-refractivity contribution in [1.29, 1.82) is 0 Å². The lowest BCUT2D eigenvalue weighted by atomic mass is 9.46. The van der Waals surface area contributed by atoms with E-state index in [0.29, 0.717) is 12.5 Å². The van der Waals surface area contributed by atoms with Crippen molar-refractivity contribution < 1.29 is 9.53 Å². The summed E-state index contributed by atoms with van der Waals surface area (Å²) in [6.07, 6.45) is 3.15. The van der Waals surface area contributed by atoms with E-state index in [2.05, 4.69) is 33.0 Å². The molecular formula is C15H28N2O2. The maximum atomic E-state index is 12.5. The number of carbonyl (C=O) groups excluding carboxylic acids is 1. The van der Waals surface area contributed by atoms with Gasteiger partial charge in [-0.15, -0.1) is 0 Å². The van der Waals surface area contributed by atoms with Gasteiger partial charge in [-0.1, -0.05) is 27.7 Å². The first kappa shape index (κ1) is 14.8. The van der Waals surface area contributed by atoms with E-state index in [9.17, 15) is 4.79 Å². The van der Waals surface area contributed by atoms with Crippen LogP contribution in [0.2, 0.25) is 0 Å². The van der Waals surface area contributed by atoms with Crippen molar-refractivity contribution in [3.05, 3.63) is 0 Å². The number of hydrogen-bond donors (Lipinski definition) is 2. The molecule has 2 fully saturated rings. The van der Waals surface area contributed by atoms with Crippen molar-refractivity contribution in [2.24, 2.45) is 23.0 Å². The molecule has 110 valence electrons. The Morgan fingerprint density at radius 3 is 2.79 bits per heavy atom. The zero-order chi connectivity index (χ0) is 14.3. The van der Waals surface area contributed by atoms with Gasteiger partial charge in [0, 0.05) is 24.5 Å². The lowest BCUT2D eigenvalue weighted by Crippen LogP contribution is -2.82. The Morgan fingerprint density at radius 2 is 2.16 bits per heavy atom. The van der Waals surface area contributed by atoms with Crippen LogP contribution in [-0.2, 0) is 9.53 Å². The van der Waals surface area contributed by atoms with Crippen LogP contribution in [0.4, 0.5) is 0 Å². The third-order valence-corrected chi connectivity index (χ3v) is 5.07. The molecule has 19 heavy (non-hydrogen) atoms. The van der Waals surface area contributed by atoms with Crippen molar-refractivity contribution in [3.63, 3.8) is 0 Å². The number of nitrogens with two attached hydrogens (primary N) is 1. The molecular weight excluding hydrogens is 240 g/mol. The quantitative estimate of drug-likeness (QED) is 0.815. The van der Waals surface area contributed by atoms with E-state index in [1.807, 2.05) is 0 Å². The Kier molecular flexibility index (Phi) is 3.94. The van der Waals surface area contributed by atoms with Crippen LogP contribution in [0, 0.1) is 17.3 Å². The molecule has 1 saturated carbocycles. The number of carbonyl (C=O) groups is 1. The molecule has 0 spiro atoms. The maximum absolute atomic E-state index is 12.5. The van der Waals surface area contributed by atoms with Crippen LogP contribution in [0.25, 0.3) is 0 Å². The van der Waals surface area contributed by atoms with Crippen molar-refractivity contribution in [3.8, 4) is 0 Å². The van der Waals surface area contributed by atoms with Crippen molar-refractivity contribution in [1.82, 2.24) is 5.32 Å². The molecule has 0 aromatic carbocycles. The van der Waals surface area contributed by atoms with E-state index >= 15 is 0 Å². The summed E-state index contributed by atoms with van der Waals surface area (Å²) in [7, 11) is 0. The predicted molar refractivity (Wildman–Crippen MR) is 75.6 cm³/mol. The van der Waals surface area contributed by atoms with Gasteiger partial charge in [0.15, 0.2) is 0 Å². The molecule has 1 aliphatic heterocycles. The number of nitrogens with one attached hydrogen (secondary N) is 1. The molecule has 4 heteroatoms. The molecule has 2 rings (SSSR count). The van der Waals surface area contributed by atoms with Crippen molar-refractivity contribution in [2.75, 3.05) is 13.2 Å². The molecule has 1 amide bonds. The minimum absolute atomic E-state index is 0.00454. The molecule has 1 heterocycles. The molecule has 2 aliphatic rings. The summed E-state index contributed by atoms with van der Waals surface area (Å²) < 4.78 is 5.82. The fourth-order valence-electron chi connectivity index (χ4n) is 3.66. The first-order chi connectivity index (χ1) is 8.81. The molecule has 3 N–H and O–H groups in total. The largest absolute Gasteiger partial charge is 0.377 e. The van der Waals surface area contributed by atoms with Gasteiger partial charge in [-0.3, -0.25) is 4.79 Å². The van der Waals surface area contributed by atoms with Gasteiger partial charge in [0.1, 0.15) is 5.54 Å². The lowest BCUT2D eigenvalue weighted by Gasteiger charge is -2.65. The minimum atomic E-state index is -0.769. The van der Waals surface area contributed by atoms with Crippen LogP contribution >= 0.6 is 0 Å². The normalized spacial score (nSPS) is 36.5. The average molecular weight is 268 g/mol. The molecule has 3 unspecified atom stereocenters. The number of rotatable bonds is 4. The van der Waals surface area contributed by atoms with Crippen LogP contribution in [0.1, 0.15) is 47.0 Å². The Balaban J connectivity index is 2.02. The standard InChI is InChI=1S/C15H28N2O2/c1-10(2)7-8-17-13(18)15(16)11-6-5-9-19-12(11)14(15,3)4/h10-12H,5-9,16H2,1-4H3,(H,17,18). The predicted octanol–water partition coefficient (Wildman–Crippen LogP) is 1.68. The van der Waals surface area contributed by atoms with Gasteiger partial charge in [-0.05, 0) is 25.2 Å². The van der Waals surface area contributed by atoms with Gasteiger partial charge in [-0.25, -0.2) is 0 Å². The maximum Gasteiger partial charge on any atom is 0.241 e. The van der Waals surface area contributed by atoms with E-state index in [1.54, 1.807) is 0 Å². The van der Waals surface area contributed by atoms with Gasteiger partial charge in [0.25, 0.3) is 0 Å². The summed E-state index contributed by atoms with van der Waals surface area (Å²) in [5.41, 5.74) is 5.46. The van der Waals surface area contributed by atoms with Crippen molar-refractivity contribution in [2.45, 2.75) is 58.6 Å². The molecule has 1 saturated heterocycles. The second kappa shape index (κ2) is 5.06. The second-order valence-electron chi connectivity index (χ2n) is 7.07. The number of ether oxygens (including phenoxy) is 1. The molecule has 0 aromatic rings. The lowest BCUT2D eigenvalue weighted by molar-refractivity contribution is -0.225. The first-order valence-corrected chi connectivity index (χ1v) is 7.50. The second-order valence-corrected chi connectivity index (χ2v) is 7.07. The summed E-state index contributed by atoms with van der Waals surface area (Å²) >= 11 is 0. The highest BCUT2D eigenvalue weighted by atomic mass is 16.5. The smallest absolute Gasteiger partial charge is 0.241 e. The summed E-state index contributed by atoms with van der Waals surface area (Å²) in [5, 5.41) is 3.03. The summed E-state index contributed by atoms with van der Waals surface area (Å²) in [5.74, 6) is 0.773. The molecule has 1 aliphatic carbocycles. The van der Waals surface area contributed by atoms with E-state index in [-0.39, 0.29) is 23.3 Å². The fourth-order valence-corrected chi connectivity index (χ4v) is 3.66. The zero-order valence-electron chi connectivity index (χ0n) is 12.7. The topological polar surface area (TPSA) is 64.4 Å². The van der Waals surface area contributed by atoms with Crippen LogP contribution in [-0.4, -0.2) is 30.7 Å². The Bertz CT molecular complexity index is 354. The fraction of sp³-hybridized carbons (Fsp3) is 0.933. The molecule has 0 aromatic heterocycles. The van der Waals surface area contributed by atoms with Gasteiger partial charge in [0.05, 0.1) is 6.10 Å². The highest BCUT2D eigenvalue weighted by Gasteiger charge is 2.70. The summed E-state index contributed by atoms with van der Waals surface area (Å²) in [6.45, 7) is 9.94. The van der Waals surface area contributed by atoms with Crippen LogP contribution < -0.4 is 11.1 Å². The zero-order valence-corrected chi connectivity index (χ0v) is 12.7. The summed E-state index contributed by atoms with van der Waals surface area (Å²) in [6, 6.07) is 0. The molecule has 4 nitrogen and oxygen atoms in total. The Hall–Kier alpha value is -0.610. The van der Waals surface area contributed by atoms with E-state index in [1.165, 1.54) is 0 Å². The van der Waals surface area contributed by atoms with Gasteiger partial charge in [0.2, 0.25) is 5.91 Å². The van der Waals surface area contributed by atoms with E-state index < -0.39 is 5.54 Å². The molecule has 0 radical (unpaired) electrons. The van der Waals surface area contributed by atoms with Gasteiger partial charge in [-0.2, -0.15) is 0 Å². The number of hydrogen-bond acceptors (Lipinski definition) is 3. The first-order valence-electron chi connectivity index (χ1n) is 7.50. The Morgan fingerprint density at radius 1 is 1.47 bits per heavy atom. The monoisotopic (exact) mass is 268 g/mol. The van der Waals surface area contributed by atoms with E-state index in [0.717, 1.165) is 25.9 Å². The summed E-state index contributed by atoms with van der Waals surface area (Å²) in [4.78, 5) is 12.5. The third kappa shape index (κ3) is 2.19. The molecule has 3 atom stereocenters. The average Bonchev–Trinajstić information content (AvgIpc) is 2.37. The van der Waals surface area contributed by atoms with Gasteiger partial charge >= 0.3 is 0 Å². The van der Waals surface area contributed by atoms with Crippen LogP contribution in [0.5, 0.6) is 0 Å². The van der Waals surface area contributed by atoms with Crippen molar-refractivity contribution >= 4 is 5.91 Å². The minimum Gasteiger partial charge on any atom is -0.377 e. The van der Waals surface area contributed by atoms with Crippen LogP contribution in [0.3, 0.4) is 0 Å². The molecule has 0 bridgehead atoms. The highest BCUT2D eigenvalue weighted by molar-refractivity contribution is 5.89. The highest BCUT2D eigenvalue weighted by Crippen LogP contribution is 2.57. The number of amides is 1. The Labute approximate surface area is 116 Å². The van der Waals surface area contributed by atoms with Gasteiger partial charge < -0.3 is 15.8 Å². The SMILES string of the molecule is CC(C)CCNC(=O)C1(N)C2CCCOC2C1(C)C. The number of fused-ring (bicyclic) bond motifs is 1. The van der Waals surface area contributed by atoms with E-state index in [4.69, 9.17) is 10.5 Å². The van der Waals surface area contributed by atoms with Crippen LogP contribution in [0.15, 0.2) is 0 Å². The third-order valence-electron chi connectivity index (χ3n) is 5.07.